The topological polar surface area (TPSA) is 32.9 Å². The third-order valence-electron chi connectivity index (χ3n) is 5.13. The Kier molecular flexibility index (Phi) is 2.02. The Hall–Kier alpha value is -0.220. The minimum atomic E-state index is 0.128. The third-order valence-corrected chi connectivity index (χ3v) is 7.97. The molecule has 1 aromatic heterocycles. The van der Waals surface area contributed by atoms with Crippen LogP contribution in [0.15, 0.2) is 9.82 Å². The molecule has 1 aromatic rings. The lowest BCUT2D eigenvalue weighted by molar-refractivity contribution is 0.218. The van der Waals surface area contributed by atoms with Crippen LogP contribution in [0.1, 0.15) is 38.0 Å². The summed E-state index contributed by atoms with van der Waals surface area (Å²) >= 11 is 3.41. The number of rotatable bonds is 0. The maximum atomic E-state index is 11.6. The van der Waals surface area contributed by atoms with E-state index in [9.17, 15) is 4.79 Å². The number of aromatic amines is 1. The van der Waals surface area contributed by atoms with Crippen LogP contribution in [0.4, 0.5) is 0 Å². The molecule has 1 N–H and O–H groups in total. The van der Waals surface area contributed by atoms with E-state index in [1.54, 1.807) is 0 Å². The van der Waals surface area contributed by atoms with Gasteiger partial charge in [0, 0.05) is 15.5 Å². The highest BCUT2D eigenvalue weighted by molar-refractivity contribution is 8.00. The summed E-state index contributed by atoms with van der Waals surface area (Å²) in [7, 11) is 0. The zero-order chi connectivity index (χ0) is 11.8. The van der Waals surface area contributed by atoms with Crippen molar-refractivity contribution in [1.82, 2.24) is 4.98 Å². The van der Waals surface area contributed by atoms with E-state index in [-0.39, 0.29) is 10.3 Å². The smallest absolute Gasteiger partial charge is 0.305 e. The van der Waals surface area contributed by atoms with E-state index in [0.29, 0.717) is 0 Å². The van der Waals surface area contributed by atoms with Crippen molar-refractivity contribution in [3.05, 3.63) is 14.5 Å². The summed E-state index contributed by atoms with van der Waals surface area (Å²) in [5.74, 6) is 2.62. The highest BCUT2D eigenvalue weighted by atomic mass is 32.2. The van der Waals surface area contributed by atoms with Gasteiger partial charge in [0.2, 0.25) is 0 Å². The lowest BCUT2D eigenvalue weighted by atomic mass is 9.69. The van der Waals surface area contributed by atoms with Crippen molar-refractivity contribution in [3.8, 4) is 0 Å². The molecule has 4 rings (SSSR count). The molecule has 2 aliphatic carbocycles. The van der Waals surface area contributed by atoms with E-state index < -0.39 is 0 Å². The number of hydrogen-bond donors (Lipinski definition) is 1. The quantitative estimate of drug-likeness (QED) is 0.783. The Morgan fingerprint density at radius 1 is 1.29 bits per heavy atom. The SMILES string of the molecule is CC1(C)c2sc(=O)[nH]c2S[C@H]2[C@@H]3CC[C@H](C3)[C@@H]21. The Morgan fingerprint density at radius 3 is 2.88 bits per heavy atom. The van der Waals surface area contributed by atoms with Gasteiger partial charge in [-0.2, -0.15) is 0 Å². The number of thioether (sulfide) groups is 1. The first-order valence-corrected chi connectivity index (χ1v) is 8.17. The molecule has 0 spiro atoms. The molecule has 2 bridgehead atoms. The molecule has 2 saturated carbocycles. The van der Waals surface area contributed by atoms with Gasteiger partial charge in [-0.15, -0.1) is 11.8 Å². The van der Waals surface area contributed by atoms with E-state index in [4.69, 9.17) is 0 Å². The van der Waals surface area contributed by atoms with Gasteiger partial charge >= 0.3 is 4.87 Å². The first-order valence-electron chi connectivity index (χ1n) is 6.47. The van der Waals surface area contributed by atoms with Crippen molar-refractivity contribution in [2.24, 2.45) is 17.8 Å². The highest BCUT2D eigenvalue weighted by Gasteiger charge is 2.57. The molecule has 0 saturated heterocycles. The van der Waals surface area contributed by atoms with Crippen LogP contribution in [-0.2, 0) is 5.41 Å². The summed E-state index contributed by atoms with van der Waals surface area (Å²) in [6.45, 7) is 4.71. The summed E-state index contributed by atoms with van der Waals surface area (Å²) < 4.78 is 0. The third kappa shape index (κ3) is 1.26. The standard InChI is InChI=1S/C13H17NOS2/c1-13(2)8-6-3-4-7(5-6)9(8)16-11-10(13)17-12(15)14-11/h6-9H,3-5H2,1-2H3,(H,14,15)/t6-,7-,8+,9+/m1/s1. The van der Waals surface area contributed by atoms with Crippen LogP contribution in [0.2, 0.25) is 0 Å². The van der Waals surface area contributed by atoms with E-state index in [2.05, 4.69) is 18.8 Å². The average molecular weight is 267 g/mol. The molecule has 3 aliphatic rings. The Morgan fingerprint density at radius 2 is 2.06 bits per heavy atom. The fourth-order valence-electron chi connectivity index (χ4n) is 4.52. The molecule has 0 aromatic carbocycles. The average Bonchev–Trinajstić information content (AvgIpc) is 2.90. The van der Waals surface area contributed by atoms with Crippen LogP contribution in [0.25, 0.3) is 0 Å². The van der Waals surface area contributed by atoms with Crippen molar-refractivity contribution in [2.75, 3.05) is 0 Å². The van der Waals surface area contributed by atoms with Crippen molar-refractivity contribution in [3.63, 3.8) is 0 Å². The van der Waals surface area contributed by atoms with Gasteiger partial charge in [0.15, 0.2) is 0 Å². The van der Waals surface area contributed by atoms with Crippen LogP contribution in [-0.4, -0.2) is 10.2 Å². The molecule has 0 unspecified atom stereocenters. The number of nitrogens with one attached hydrogen (secondary N) is 1. The molecule has 0 amide bonds. The van der Waals surface area contributed by atoms with Crippen molar-refractivity contribution in [1.29, 1.82) is 0 Å². The predicted octanol–water partition coefficient (Wildman–Crippen LogP) is 3.23. The van der Waals surface area contributed by atoms with Crippen molar-refractivity contribution in [2.45, 2.75) is 48.8 Å². The lowest BCUT2D eigenvalue weighted by Gasteiger charge is -2.45. The molecule has 1 aliphatic heterocycles. The second kappa shape index (κ2) is 3.21. The number of hydrogen-bond acceptors (Lipinski definition) is 3. The number of aromatic nitrogens is 1. The minimum Gasteiger partial charge on any atom is -0.307 e. The van der Waals surface area contributed by atoms with Gasteiger partial charge in [-0.1, -0.05) is 25.2 Å². The summed E-state index contributed by atoms with van der Waals surface area (Å²) in [6, 6.07) is 0. The largest absolute Gasteiger partial charge is 0.307 e. The Labute approximate surface area is 109 Å². The van der Waals surface area contributed by atoms with E-state index in [0.717, 1.165) is 23.0 Å². The van der Waals surface area contributed by atoms with E-state index >= 15 is 0 Å². The molecule has 2 heterocycles. The number of thiazole rings is 1. The first-order chi connectivity index (χ1) is 8.07. The van der Waals surface area contributed by atoms with Gasteiger partial charge in [-0.3, -0.25) is 4.79 Å². The zero-order valence-electron chi connectivity index (χ0n) is 10.2. The van der Waals surface area contributed by atoms with Gasteiger partial charge in [-0.05, 0) is 37.0 Å². The number of H-pyrrole nitrogens is 1. The van der Waals surface area contributed by atoms with Gasteiger partial charge < -0.3 is 4.98 Å². The molecular formula is C13H17NOS2. The maximum absolute atomic E-state index is 11.6. The molecule has 4 heteroatoms. The second-order valence-electron chi connectivity index (χ2n) is 6.34. The molecule has 17 heavy (non-hydrogen) atoms. The van der Waals surface area contributed by atoms with Gasteiger partial charge in [0.1, 0.15) is 0 Å². The van der Waals surface area contributed by atoms with Crippen LogP contribution in [0.3, 0.4) is 0 Å². The minimum absolute atomic E-state index is 0.128. The Bertz CT molecular complexity index is 530. The molecule has 4 atom stereocenters. The Balaban J connectivity index is 1.89. The van der Waals surface area contributed by atoms with Crippen LogP contribution < -0.4 is 4.87 Å². The summed E-state index contributed by atoms with van der Waals surface area (Å²) in [5, 5.41) is 1.94. The predicted molar refractivity (Wildman–Crippen MR) is 71.9 cm³/mol. The first kappa shape index (κ1) is 10.7. The molecular weight excluding hydrogens is 250 g/mol. The molecule has 2 fully saturated rings. The zero-order valence-corrected chi connectivity index (χ0v) is 11.8. The fourth-order valence-corrected chi connectivity index (χ4v) is 7.67. The second-order valence-corrected chi connectivity index (χ2v) is 8.51. The molecule has 92 valence electrons. The molecule has 2 nitrogen and oxygen atoms in total. The fraction of sp³-hybridized carbons (Fsp3) is 0.769. The van der Waals surface area contributed by atoms with E-state index in [1.165, 1.54) is 40.5 Å². The number of fused-ring (bicyclic) bond motifs is 6. The van der Waals surface area contributed by atoms with E-state index in [1.807, 2.05) is 11.8 Å². The van der Waals surface area contributed by atoms with Crippen LogP contribution in [0.5, 0.6) is 0 Å². The normalized spacial score (nSPS) is 41.3. The maximum Gasteiger partial charge on any atom is 0.305 e. The van der Waals surface area contributed by atoms with Crippen molar-refractivity contribution >= 4 is 23.1 Å². The van der Waals surface area contributed by atoms with Gasteiger partial charge in [0.05, 0.1) is 5.03 Å². The summed E-state index contributed by atoms with van der Waals surface area (Å²) in [5.41, 5.74) is 0.203. The summed E-state index contributed by atoms with van der Waals surface area (Å²) in [4.78, 5) is 16.1. The summed E-state index contributed by atoms with van der Waals surface area (Å²) in [6.07, 6.45) is 4.27. The monoisotopic (exact) mass is 267 g/mol. The van der Waals surface area contributed by atoms with Crippen LogP contribution >= 0.6 is 23.1 Å². The highest BCUT2D eigenvalue weighted by Crippen LogP contribution is 2.64. The van der Waals surface area contributed by atoms with Crippen molar-refractivity contribution < 1.29 is 0 Å². The van der Waals surface area contributed by atoms with Crippen LogP contribution in [0, 0.1) is 17.8 Å². The van der Waals surface area contributed by atoms with Gasteiger partial charge in [-0.25, -0.2) is 0 Å². The molecule has 0 radical (unpaired) electrons. The lowest BCUT2D eigenvalue weighted by Crippen LogP contribution is -2.42. The van der Waals surface area contributed by atoms with Gasteiger partial charge in [0.25, 0.3) is 0 Å².